The molecule has 1 fully saturated rings. The Hall–Kier alpha value is -0.500. The minimum atomic E-state index is -4.69. The summed E-state index contributed by atoms with van der Waals surface area (Å²) in [6.45, 7) is 1.13. The van der Waals surface area contributed by atoms with E-state index in [9.17, 15) is 26.3 Å². The van der Waals surface area contributed by atoms with Crippen LogP contribution < -0.4 is 0 Å². The molecule has 1 heterocycles. The molecule has 20 heavy (non-hydrogen) atoms. The van der Waals surface area contributed by atoms with Crippen molar-refractivity contribution in [3.05, 3.63) is 0 Å². The molecule has 1 rings (SSSR count). The highest BCUT2D eigenvalue weighted by Gasteiger charge is 2.50. The highest BCUT2D eigenvalue weighted by molar-refractivity contribution is 4.79. The quantitative estimate of drug-likeness (QED) is 0.380. The summed E-state index contributed by atoms with van der Waals surface area (Å²) in [6, 6.07) is 0. The fourth-order valence-electron chi connectivity index (χ4n) is 2.30. The lowest BCUT2D eigenvalue weighted by Crippen LogP contribution is -2.44. The number of rotatable bonds is 8. The number of hydrogen-bond acceptors (Lipinski definition) is 1. The second kappa shape index (κ2) is 6.51. The average Bonchev–Trinajstić information content (AvgIpc) is 2.71. The van der Waals surface area contributed by atoms with E-state index in [0.29, 0.717) is 11.0 Å². The summed E-state index contributed by atoms with van der Waals surface area (Å²) in [5.74, 6) is -8.65. The first-order valence-corrected chi connectivity index (χ1v) is 6.51. The molecular formula is C12H20F6NO+. The van der Waals surface area contributed by atoms with E-state index >= 15 is 0 Å². The van der Waals surface area contributed by atoms with E-state index in [1.54, 1.807) is 0 Å². The van der Waals surface area contributed by atoms with E-state index in [0.717, 1.165) is 25.9 Å². The minimum absolute atomic E-state index is 0.00629. The van der Waals surface area contributed by atoms with Crippen LogP contribution in [0.4, 0.5) is 26.3 Å². The Kier molecular flexibility index (Phi) is 5.71. The Bertz CT molecular complexity index is 304. The van der Waals surface area contributed by atoms with Gasteiger partial charge in [-0.3, -0.25) is 0 Å². The third kappa shape index (κ3) is 5.47. The molecule has 0 aromatic rings. The molecule has 0 atom stereocenters. The number of nitrogens with zero attached hydrogens (tertiary/aromatic N) is 1. The minimum Gasteiger partial charge on any atom is -0.369 e. The van der Waals surface area contributed by atoms with Gasteiger partial charge in [-0.25, -0.2) is 26.3 Å². The third-order valence-corrected chi connectivity index (χ3v) is 3.55. The van der Waals surface area contributed by atoms with Crippen LogP contribution in [0.15, 0.2) is 0 Å². The largest absolute Gasteiger partial charge is 0.369 e. The second-order valence-corrected chi connectivity index (χ2v) is 5.64. The van der Waals surface area contributed by atoms with Crippen molar-refractivity contribution in [2.45, 2.75) is 37.5 Å². The maximum Gasteiger partial charge on any atom is 0.313 e. The van der Waals surface area contributed by atoms with Gasteiger partial charge in [0, 0.05) is 12.8 Å². The summed E-state index contributed by atoms with van der Waals surface area (Å²) in [4.78, 5) is 0. The molecule has 0 unspecified atom stereocenters. The van der Waals surface area contributed by atoms with Crippen LogP contribution in [0.25, 0.3) is 0 Å². The molecule has 1 aliphatic rings. The maximum absolute atomic E-state index is 13.1. The van der Waals surface area contributed by atoms with Gasteiger partial charge in [0.2, 0.25) is 0 Å². The zero-order chi connectivity index (χ0) is 15.4. The van der Waals surface area contributed by atoms with Crippen LogP contribution in [0.5, 0.6) is 0 Å². The molecule has 0 aliphatic carbocycles. The first-order chi connectivity index (χ1) is 9.06. The van der Waals surface area contributed by atoms with Gasteiger partial charge in [-0.15, -0.1) is 0 Å². The fraction of sp³-hybridized carbons (Fsp3) is 1.00. The zero-order valence-electron chi connectivity index (χ0n) is 11.4. The molecule has 0 amide bonds. The Labute approximate surface area is 114 Å². The second-order valence-electron chi connectivity index (χ2n) is 5.64. The summed E-state index contributed by atoms with van der Waals surface area (Å²) in [5.41, 5.74) is 0. The predicted molar refractivity (Wildman–Crippen MR) is 61.4 cm³/mol. The molecule has 0 N–H and O–H groups in total. The lowest BCUT2D eigenvalue weighted by molar-refractivity contribution is -0.898. The maximum atomic E-state index is 13.1. The van der Waals surface area contributed by atoms with Crippen molar-refractivity contribution in [1.29, 1.82) is 0 Å². The summed E-state index contributed by atoms with van der Waals surface area (Å²) in [7, 11) is 1.97. The van der Waals surface area contributed by atoms with E-state index in [-0.39, 0.29) is 6.61 Å². The molecule has 0 aromatic heterocycles. The van der Waals surface area contributed by atoms with E-state index in [1.165, 1.54) is 0 Å². The molecule has 0 bridgehead atoms. The topological polar surface area (TPSA) is 9.23 Å². The molecule has 0 spiro atoms. The number of alkyl halides is 6. The van der Waals surface area contributed by atoms with Crippen LogP contribution in [-0.2, 0) is 4.74 Å². The molecule has 1 aliphatic heterocycles. The van der Waals surface area contributed by atoms with Crippen LogP contribution >= 0.6 is 0 Å². The number of likely N-dealkylation sites (tertiary alicyclic amines) is 1. The first-order valence-electron chi connectivity index (χ1n) is 6.51. The van der Waals surface area contributed by atoms with Gasteiger partial charge in [0.25, 0.3) is 5.92 Å². The van der Waals surface area contributed by atoms with Crippen molar-refractivity contribution in [1.82, 2.24) is 0 Å². The van der Waals surface area contributed by atoms with E-state index < -0.39 is 31.3 Å². The fourth-order valence-corrected chi connectivity index (χ4v) is 2.30. The van der Waals surface area contributed by atoms with Gasteiger partial charge < -0.3 is 9.22 Å². The smallest absolute Gasteiger partial charge is 0.313 e. The molecule has 1 saturated heterocycles. The van der Waals surface area contributed by atoms with Crippen molar-refractivity contribution in [2.24, 2.45) is 0 Å². The van der Waals surface area contributed by atoms with Crippen LogP contribution in [0.1, 0.15) is 19.3 Å². The van der Waals surface area contributed by atoms with Crippen molar-refractivity contribution in [3.8, 4) is 0 Å². The Morgan fingerprint density at radius 3 is 2.15 bits per heavy atom. The molecule has 2 nitrogen and oxygen atoms in total. The van der Waals surface area contributed by atoms with Gasteiger partial charge in [0.05, 0.1) is 33.2 Å². The molecule has 120 valence electrons. The normalized spacial score (nSPS) is 19.8. The van der Waals surface area contributed by atoms with E-state index in [2.05, 4.69) is 0 Å². The van der Waals surface area contributed by atoms with Gasteiger partial charge in [-0.1, -0.05) is 0 Å². The molecule has 8 heteroatoms. The van der Waals surface area contributed by atoms with Gasteiger partial charge in [-0.2, -0.15) is 0 Å². The number of likely N-dealkylation sites (N-methyl/N-ethyl adjacent to an activating group) is 1. The molecular weight excluding hydrogens is 288 g/mol. The summed E-state index contributed by atoms with van der Waals surface area (Å²) in [5, 5.41) is 0. The first kappa shape index (κ1) is 17.6. The molecule has 0 saturated carbocycles. The van der Waals surface area contributed by atoms with Crippen molar-refractivity contribution < 1.29 is 35.6 Å². The lowest BCUT2D eigenvalue weighted by Gasteiger charge is -2.29. The SMILES string of the molecule is C[N+]1(CCOCC(F)(F)CC(F)(F)C(F)F)CCCC1. The highest BCUT2D eigenvalue weighted by Crippen LogP contribution is 2.35. The zero-order valence-corrected chi connectivity index (χ0v) is 11.4. The van der Waals surface area contributed by atoms with Crippen molar-refractivity contribution in [3.63, 3.8) is 0 Å². The Balaban J connectivity index is 2.29. The number of ether oxygens (including phenoxy) is 1. The number of hydrogen-bond donors (Lipinski definition) is 0. The van der Waals surface area contributed by atoms with E-state index in [1.807, 2.05) is 7.05 Å². The third-order valence-electron chi connectivity index (χ3n) is 3.55. The van der Waals surface area contributed by atoms with Gasteiger partial charge in [0.15, 0.2) is 0 Å². The van der Waals surface area contributed by atoms with Crippen molar-refractivity contribution in [2.75, 3.05) is 39.9 Å². The summed E-state index contributed by atoms with van der Waals surface area (Å²) >= 11 is 0. The van der Waals surface area contributed by atoms with Gasteiger partial charge in [-0.05, 0) is 0 Å². The molecule has 0 radical (unpaired) electrons. The van der Waals surface area contributed by atoms with E-state index in [4.69, 9.17) is 4.74 Å². The summed E-state index contributed by atoms with van der Waals surface area (Å²) < 4.78 is 80.5. The van der Waals surface area contributed by atoms with Gasteiger partial charge >= 0.3 is 12.3 Å². The van der Waals surface area contributed by atoms with Gasteiger partial charge in [0.1, 0.15) is 13.2 Å². The Morgan fingerprint density at radius 1 is 1.10 bits per heavy atom. The van der Waals surface area contributed by atoms with Crippen molar-refractivity contribution >= 4 is 0 Å². The van der Waals surface area contributed by atoms with Crippen LogP contribution in [0.3, 0.4) is 0 Å². The average molecular weight is 308 g/mol. The van der Waals surface area contributed by atoms with Crippen LogP contribution in [0.2, 0.25) is 0 Å². The van der Waals surface area contributed by atoms with Crippen LogP contribution in [0, 0.1) is 0 Å². The highest BCUT2D eigenvalue weighted by atomic mass is 19.3. The number of quaternary nitrogens is 1. The monoisotopic (exact) mass is 308 g/mol. The predicted octanol–water partition coefficient (Wildman–Crippen LogP) is 3.17. The Morgan fingerprint density at radius 2 is 1.65 bits per heavy atom. The standard InChI is InChI=1S/C12H20F6NO/c1-19(4-2-3-5-19)6-7-20-9-11(15,16)8-12(17,18)10(13)14/h10H,2-9H2,1H3/q+1. The van der Waals surface area contributed by atoms with Crippen LogP contribution in [-0.4, -0.2) is 62.6 Å². The number of halogens is 6. The molecule has 0 aromatic carbocycles. The lowest BCUT2D eigenvalue weighted by atomic mass is 10.1. The summed E-state index contributed by atoms with van der Waals surface area (Å²) in [6.07, 6.45) is -4.16.